The first-order chi connectivity index (χ1) is 7.31. The van der Waals surface area contributed by atoms with Crippen LogP contribution in [0.4, 0.5) is 5.69 Å². The predicted molar refractivity (Wildman–Crippen MR) is 65.7 cm³/mol. The maximum atomic E-state index is 10.3. The second-order valence-electron chi connectivity index (χ2n) is 3.37. The fourth-order valence-electron chi connectivity index (χ4n) is 1.52. The van der Waals surface area contributed by atoms with Crippen molar-refractivity contribution in [1.82, 2.24) is 0 Å². The van der Waals surface area contributed by atoms with Crippen LogP contribution in [-0.2, 0) is 0 Å². The molecule has 0 aromatic heterocycles. The van der Waals surface area contributed by atoms with Gasteiger partial charge in [0.1, 0.15) is 5.70 Å². The molecule has 78 valence electrons. The van der Waals surface area contributed by atoms with Crippen LogP contribution in [0.15, 0.2) is 36.0 Å². The van der Waals surface area contributed by atoms with Crippen LogP contribution in [0, 0.1) is 4.91 Å². The van der Waals surface area contributed by atoms with Gasteiger partial charge in [0.15, 0.2) is 0 Å². The van der Waals surface area contributed by atoms with Crippen LogP contribution in [-0.4, -0.2) is 12.3 Å². The highest BCUT2D eigenvalue weighted by Gasteiger charge is 2.13. The molecule has 0 bridgehead atoms. The molecular weight excluding hydrogens is 208 g/mol. The lowest BCUT2D eigenvalue weighted by molar-refractivity contribution is 0.989. The van der Waals surface area contributed by atoms with Crippen LogP contribution >= 0.6 is 11.9 Å². The van der Waals surface area contributed by atoms with Gasteiger partial charge in [0.25, 0.3) is 0 Å². The van der Waals surface area contributed by atoms with Gasteiger partial charge in [-0.25, -0.2) is 0 Å². The van der Waals surface area contributed by atoms with Gasteiger partial charge < -0.3 is 4.31 Å². The third-order valence-electron chi connectivity index (χ3n) is 2.35. The van der Waals surface area contributed by atoms with Gasteiger partial charge >= 0.3 is 0 Å². The highest BCUT2D eigenvalue weighted by atomic mass is 32.2. The van der Waals surface area contributed by atoms with E-state index >= 15 is 0 Å². The van der Waals surface area contributed by atoms with Gasteiger partial charge in [-0.15, -0.1) is 4.91 Å². The molecule has 0 radical (unpaired) electrons. The molecule has 0 spiro atoms. The summed E-state index contributed by atoms with van der Waals surface area (Å²) in [6.45, 7) is 4.67. The van der Waals surface area contributed by atoms with Crippen molar-refractivity contribution in [2.45, 2.75) is 6.42 Å². The van der Waals surface area contributed by atoms with Crippen molar-refractivity contribution in [2.75, 3.05) is 16.6 Å². The zero-order chi connectivity index (χ0) is 10.7. The van der Waals surface area contributed by atoms with Crippen LogP contribution < -0.4 is 4.31 Å². The normalized spacial score (nSPS) is 15.3. The third kappa shape index (κ3) is 2.21. The van der Waals surface area contributed by atoms with Crippen molar-refractivity contribution in [3.05, 3.63) is 41.3 Å². The van der Waals surface area contributed by atoms with E-state index in [2.05, 4.69) is 16.1 Å². The molecule has 1 heterocycles. The summed E-state index contributed by atoms with van der Waals surface area (Å²) in [5.74, 6) is 1.18. The molecule has 0 N–H and O–H groups in total. The van der Waals surface area contributed by atoms with Crippen molar-refractivity contribution in [1.29, 1.82) is 0 Å². The summed E-state index contributed by atoms with van der Waals surface area (Å²) in [5, 5.41) is 2.82. The summed E-state index contributed by atoms with van der Waals surface area (Å²) in [4.78, 5) is 10.3. The Kier molecular flexibility index (Phi) is 3.06. The molecule has 1 aromatic rings. The van der Waals surface area contributed by atoms with E-state index in [-0.39, 0.29) is 5.70 Å². The van der Waals surface area contributed by atoms with Crippen LogP contribution in [0.1, 0.15) is 12.0 Å². The molecule has 0 amide bonds. The Morgan fingerprint density at radius 2 is 2.13 bits per heavy atom. The lowest BCUT2D eigenvalue weighted by Crippen LogP contribution is -2.08. The smallest absolute Gasteiger partial charge is 0.108 e. The van der Waals surface area contributed by atoms with E-state index in [1.807, 2.05) is 36.2 Å². The van der Waals surface area contributed by atoms with Crippen molar-refractivity contribution in [3.8, 4) is 0 Å². The fraction of sp³-hybridized carbons (Fsp3) is 0.273. The second kappa shape index (κ2) is 4.49. The Bertz CT molecular complexity index is 369. The van der Waals surface area contributed by atoms with Gasteiger partial charge in [0.05, 0.1) is 0 Å². The number of benzene rings is 1. The number of nitroso groups, excluding NO2 is 1. The lowest BCUT2D eigenvalue weighted by atomic mass is 10.1. The second-order valence-corrected chi connectivity index (χ2v) is 4.48. The number of anilines is 1. The number of hydrogen-bond donors (Lipinski definition) is 0. The molecule has 1 aromatic carbocycles. The fourth-order valence-corrected chi connectivity index (χ4v) is 2.53. The molecule has 1 aliphatic rings. The minimum absolute atomic E-state index is 0.288. The monoisotopic (exact) mass is 220 g/mol. The molecule has 1 saturated heterocycles. The molecule has 1 fully saturated rings. The number of rotatable bonds is 3. The Labute approximate surface area is 93.3 Å². The quantitative estimate of drug-likeness (QED) is 0.579. The minimum Gasteiger partial charge on any atom is -0.316 e. The summed E-state index contributed by atoms with van der Waals surface area (Å²) in [6.07, 6.45) is 1.23. The van der Waals surface area contributed by atoms with Crippen LogP contribution in [0.3, 0.4) is 0 Å². The third-order valence-corrected chi connectivity index (χ3v) is 3.53. The summed E-state index contributed by atoms with van der Waals surface area (Å²) in [6, 6.07) is 7.78. The van der Waals surface area contributed by atoms with Gasteiger partial charge in [0.2, 0.25) is 0 Å². The van der Waals surface area contributed by atoms with Crippen LogP contribution in [0.25, 0.3) is 5.70 Å². The van der Waals surface area contributed by atoms with Crippen molar-refractivity contribution in [2.24, 2.45) is 5.18 Å². The maximum Gasteiger partial charge on any atom is 0.108 e. The zero-order valence-electron chi connectivity index (χ0n) is 8.35. The first kappa shape index (κ1) is 10.2. The molecule has 4 heteroatoms. The molecule has 0 saturated carbocycles. The zero-order valence-corrected chi connectivity index (χ0v) is 9.17. The number of nitrogens with zero attached hydrogens (tertiary/aromatic N) is 2. The van der Waals surface area contributed by atoms with Gasteiger partial charge in [-0.1, -0.05) is 18.7 Å². The SMILES string of the molecule is C=C(N=O)c1ccc(N2CCCS2)cc1. The molecule has 0 unspecified atom stereocenters. The highest BCUT2D eigenvalue weighted by Crippen LogP contribution is 2.29. The maximum absolute atomic E-state index is 10.3. The molecule has 0 aliphatic carbocycles. The van der Waals surface area contributed by atoms with E-state index in [1.165, 1.54) is 17.9 Å². The lowest BCUT2D eigenvalue weighted by Gasteiger charge is -2.15. The molecule has 3 nitrogen and oxygen atoms in total. The average molecular weight is 220 g/mol. The highest BCUT2D eigenvalue weighted by molar-refractivity contribution is 8.00. The summed E-state index contributed by atoms with van der Waals surface area (Å²) in [5.41, 5.74) is 2.26. The first-order valence-corrected chi connectivity index (χ1v) is 5.78. The Morgan fingerprint density at radius 1 is 1.40 bits per heavy atom. The van der Waals surface area contributed by atoms with E-state index in [0.29, 0.717) is 0 Å². The van der Waals surface area contributed by atoms with E-state index in [1.54, 1.807) is 0 Å². The van der Waals surface area contributed by atoms with Gasteiger partial charge in [0, 0.05) is 23.5 Å². The van der Waals surface area contributed by atoms with E-state index in [9.17, 15) is 4.91 Å². The van der Waals surface area contributed by atoms with Crippen molar-refractivity contribution >= 4 is 23.3 Å². The molecule has 15 heavy (non-hydrogen) atoms. The van der Waals surface area contributed by atoms with Gasteiger partial charge in [-0.2, -0.15) is 0 Å². The largest absolute Gasteiger partial charge is 0.316 e. The van der Waals surface area contributed by atoms with E-state index < -0.39 is 0 Å². The Balaban J connectivity index is 2.16. The average Bonchev–Trinajstić information content (AvgIpc) is 2.82. The summed E-state index contributed by atoms with van der Waals surface area (Å²) < 4.78 is 2.26. The van der Waals surface area contributed by atoms with Crippen molar-refractivity contribution < 1.29 is 0 Å². The molecule has 0 atom stereocenters. The topological polar surface area (TPSA) is 32.7 Å². The summed E-state index contributed by atoms with van der Waals surface area (Å²) in [7, 11) is 0. The van der Waals surface area contributed by atoms with Crippen LogP contribution in [0.2, 0.25) is 0 Å². The van der Waals surface area contributed by atoms with Crippen LogP contribution in [0.5, 0.6) is 0 Å². The standard InChI is InChI=1S/C11H12N2OS/c1-9(12-14)10-3-5-11(6-4-10)13-7-2-8-15-13/h3-6H,1-2,7-8H2. The molecule has 1 aliphatic heterocycles. The van der Waals surface area contributed by atoms with Gasteiger partial charge in [-0.05, 0) is 35.7 Å². The van der Waals surface area contributed by atoms with E-state index in [4.69, 9.17) is 0 Å². The first-order valence-electron chi connectivity index (χ1n) is 4.84. The Hall–Kier alpha value is -1.29. The summed E-state index contributed by atoms with van der Waals surface area (Å²) >= 11 is 1.84. The van der Waals surface area contributed by atoms with Gasteiger partial charge in [-0.3, -0.25) is 0 Å². The van der Waals surface area contributed by atoms with Crippen molar-refractivity contribution in [3.63, 3.8) is 0 Å². The Morgan fingerprint density at radius 3 is 2.67 bits per heavy atom. The minimum atomic E-state index is 0.288. The molecule has 2 rings (SSSR count). The van der Waals surface area contributed by atoms with E-state index in [0.717, 1.165) is 12.1 Å². The molecular formula is C11H12N2OS. The predicted octanol–water partition coefficient (Wildman–Crippen LogP) is 3.28. The number of hydrogen-bond acceptors (Lipinski definition) is 4.